The number of rotatable bonds is 3. The van der Waals surface area contributed by atoms with Gasteiger partial charge in [-0.3, -0.25) is 9.78 Å². The third-order valence-electron chi connectivity index (χ3n) is 4.27. The Morgan fingerprint density at radius 2 is 2.09 bits per heavy atom. The van der Waals surface area contributed by atoms with Crippen molar-refractivity contribution in [2.24, 2.45) is 0 Å². The zero-order chi connectivity index (χ0) is 15.6. The Kier molecular flexibility index (Phi) is 3.54. The van der Waals surface area contributed by atoms with E-state index in [0.29, 0.717) is 12.3 Å². The van der Waals surface area contributed by atoms with Crippen molar-refractivity contribution in [2.45, 2.75) is 32.2 Å². The fourth-order valence-electron chi connectivity index (χ4n) is 3.04. The van der Waals surface area contributed by atoms with Gasteiger partial charge in [0.05, 0.1) is 11.2 Å². The van der Waals surface area contributed by atoms with Gasteiger partial charge in [0, 0.05) is 23.7 Å². The van der Waals surface area contributed by atoms with Crippen molar-refractivity contribution < 1.29 is 9.32 Å². The Bertz CT molecular complexity index is 870. The smallest absolute Gasteiger partial charge is 0.290 e. The van der Waals surface area contributed by atoms with E-state index in [4.69, 9.17) is 4.52 Å². The standard InChI is InChI=1S/C18H17N3O2/c22-18(17-14-6-2-4-8-16(14)21-23-17)20-11-12-9-13-5-1-3-7-15(13)19-10-12/h1,3,5,7,9-10H,2,4,6,8,11H2,(H,20,22). The monoisotopic (exact) mass is 307 g/mol. The largest absolute Gasteiger partial charge is 0.350 e. The molecule has 5 nitrogen and oxygen atoms in total. The van der Waals surface area contributed by atoms with Crippen molar-refractivity contribution >= 4 is 16.8 Å². The fraction of sp³-hybridized carbons (Fsp3) is 0.278. The van der Waals surface area contributed by atoms with Crippen LogP contribution in [0.4, 0.5) is 0 Å². The van der Waals surface area contributed by atoms with Crippen molar-refractivity contribution in [2.75, 3.05) is 0 Å². The van der Waals surface area contributed by atoms with Gasteiger partial charge in [-0.15, -0.1) is 0 Å². The number of benzene rings is 1. The van der Waals surface area contributed by atoms with Crippen molar-refractivity contribution in [1.29, 1.82) is 0 Å². The summed E-state index contributed by atoms with van der Waals surface area (Å²) in [4.78, 5) is 16.8. The molecule has 1 aromatic carbocycles. The highest BCUT2D eigenvalue weighted by atomic mass is 16.5. The molecule has 23 heavy (non-hydrogen) atoms. The first-order valence-electron chi connectivity index (χ1n) is 7.90. The molecule has 2 heterocycles. The number of amides is 1. The lowest BCUT2D eigenvalue weighted by Gasteiger charge is -2.09. The lowest BCUT2D eigenvalue weighted by atomic mass is 9.96. The molecule has 1 aliphatic carbocycles. The number of aryl methyl sites for hydroxylation is 1. The van der Waals surface area contributed by atoms with Gasteiger partial charge in [0.2, 0.25) is 5.76 Å². The number of para-hydroxylation sites is 1. The van der Waals surface area contributed by atoms with Gasteiger partial charge < -0.3 is 9.84 Å². The number of hydrogen-bond donors (Lipinski definition) is 1. The van der Waals surface area contributed by atoms with Crippen LogP contribution < -0.4 is 5.32 Å². The van der Waals surface area contributed by atoms with Crippen molar-refractivity contribution in [3.05, 3.63) is 59.1 Å². The summed E-state index contributed by atoms with van der Waals surface area (Å²) < 4.78 is 5.26. The van der Waals surface area contributed by atoms with Crippen molar-refractivity contribution in [3.8, 4) is 0 Å². The second-order valence-electron chi connectivity index (χ2n) is 5.86. The normalized spacial score (nSPS) is 13.7. The van der Waals surface area contributed by atoms with Crippen LogP contribution in [0.1, 0.15) is 40.2 Å². The summed E-state index contributed by atoms with van der Waals surface area (Å²) in [5, 5.41) is 8.00. The lowest BCUT2D eigenvalue weighted by molar-refractivity contribution is 0.0912. The van der Waals surface area contributed by atoms with Crippen LogP contribution in [0.15, 0.2) is 41.1 Å². The number of aromatic nitrogens is 2. The molecule has 0 fully saturated rings. The molecule has 0 aliphatic heterocycles. The van der Waals surface area contributed by atoms with Gasteiger partial charge in [-0.2, -0.15) is 0 Å². The topological polar surface area (TPSA) is 68.0 Å². The average molecular weight is 307 g/mol. The van der Waals surface area contributed by atoms with E-state index in [2.05, 4.69) is 15.5 Å². The molecule has 1 amide bonds. The molecular formula is C18H17N3O2. The lowest BCUT2D eigenvalue weighted by Crippen LogP contribution is -2.24. The van der Waals surface area contributed by atoms with Gasteiger partial charge in [0.1, 0.15) is 0 Å². The summed E-state index contributed by atoms with van der Waals surface area (Å²) in [7, 11) is 0. The highest BCUT2D eigenvalue weighted by molar-refractivity contribution is 5.93. The Labute approximate surface area is 133 Å². The summed E-state index contributed by atoms with van der Waals surface area (Å²) in [6.45, 7) is 0.423. The first-order valence-corrected chi connectivity index (χ1v) is 7.90. The molecule has 116 valence electrons. The minimum atomic E-state index is -0.200. The van der Waals surface area contributed by atoms with Gasteiger partial charge in [-0.1, -0.05) is 23.4 Å². The van der Waals surface area contributed by atoms with Crippen LogP contribution in [-0.2, 0) is 19.4 Å². The molecule has 0 bridgehead atoms. The van der Waals surface area contributed by atoms with Crippen LogP contribution in [-0.4, -0.2) is 16.0 Å². The van der Waals surface area contributed by atoms with Crippen LogP contribution in [0.5, 0.6) is 0 Å². The molecular weight excluding hydrogens is 290 g/mol. The molecule has 0 unspecified atom stereocenters. The zero-order valence-corrected chi connectivity index (χ0v) is 12.7. The summed E-state index contributed by atoms with van der Waals surface area (Å²) in [6, 6.07) is 9.97. The van der Waals surface area contributed by atoms with E-state index in [1.54, 1.807) is 6.20 Å². The van der Waals surface area contributed by atoms with E-state index >= 15 is 0 Å². The maximum absolute atomic E-state index is 12.3. The predicted octanol–water partition coefficient (Wildman–Crippen LogP) is 3.03. The van der Waals surface area contributed by atoms with Crippen LogP contribution in [0.25, 0.3) is 10.9 Å². The number of hydrogen-bond acceptors (Lipinski definition) is 4. The molecule has 4 rings (SSSR count). The summed E-state index contributed by atoms with van der Waals surface area (Å²) in [5.41, 5.74) is 3.83. The average Bonchev–Trinajstić information content (AvgIpc) is 3.03. The number of nitrogens with zero attached hydrogens (tertiary/aromatic N) is 2. The third-order valence-corrected chi connectivity index (χ3v) is 4.27. The molecule has 2 aromatic heterocycles. The van der Waals surface area contributed by atoms with E-state index in [9.17, 15) is 4.79 Å². The molecule has 1 aliphatic rings. The number of fused-ring (bicyclic) bond motifs is 2. The summed E-state index contributed by atoms with van der Waals surface area (Å²) in [5.74, 6) is 0.169. The highest BCUT2D eigenvalue weighted by Gasteiger charge is 2.23. The first-order chi connectivity index (χ1) is 11.3. The molecule has 0 radical (unpaired) electrons. The van der Waals surface area contributed by atoms with E-state index in [0.717, 1.165) is 53.4 Å². The molecule has 1 N–H and O–H groups in total. The molecule has 0 saturated carbocycles. The van der Waals surface area contributed by atoms with Gasteiger partial charge in [-0.05, 0) is 43.4 Å². The second-order valence-corrected chi connectivity index (χ2v) is 5.86. The fourth-order valence-corrected chi connectivity index (χ4v) is 3.04. The highest BCUT2D eigenvalue weighted by Crippen LogP contribution is 2.23. The van der Waals surface area contributed by atoms with Crippen molar-refractivity contribution in [1.82, 2.24) is 15.5 Å². The SMILES string of the molecule is O=C(NCc1cnc2ccccc2c1)c1onc2c1CCCC2. The van der Waals surface area contributed by atoms with Gasteiger partial charge in [0.25, 0.3) is 5.91 Å². The van der Waals surface area contributed by atoms with Gasteiger partial charge in [-0.25, -0.2) is 0 Å². The third kappa shape index (κ3) is 2.70. The molecule has 0 atom stereocenters. The maximum atomic E-state index is 12.3. The Balaban J connectivity index is 1.49. The van der Waals surface area contributed by atoms with E-state index in [-0.39, 0.29) is 5.91 Å². The Hall–Kier alpha value is -2.69. The minimum absolute atomic E-state index is 0.200. The van der Waals surface area contributed by atoms with Crippen LogP contribution >= 0.6 is 0 Å². The zero-order valence-electron chi connectivity index (χ0n) is 12.7. The molecule has 0 spiro atoms. The predicted molar refractivity (Wildman–Crippen MR) is 86.1 cm³/mol. The van der Waals surface area contributed by atoms with E-state index in [1.165, 1.54) is 0 Å². The second kappa shape index (κ2) is 5.83. The number of pyridine rings is 1. The summed E-state index contributed by atoms with van der Waals surface area (Å²) in [6.07, 6.45) is 5.77. The molecule has 5 heteroatoms. The number of carbonyl (C=O) groups excluding carboxylic acids is 1. The number of nitrogens with one attached hydrogen (secondary N) is 1. The van der Waals surface area contributed by atoms with Gasteiger partial charge >= 0.3 is 0 Å². The van der Waals surface area contributed by atoms with E-state index < -0.39 is 0 Å². The quantitative estimate of drug-likeness (QED) is 0.807. The molecule has 3 aromatic rings. The molecule has 0 saturated heterocycles. The Morgan fingerprint density at radius 1 is 1.22 bits per heavy atom. The number of carbonyl (C=O) groups is 1. The van der Waals surface area contributed by atoms with Gasteiger partial charge in [0.15, 0.2) is 0 Å². The van der Waals surface area contributed by atoms with Crippen molar-refractivity contribution in [3.63, 3.8) is 0 Å². The van der Waals surface area contributed by atoms with E-state index in [1.807, 2.05) is 30.3 Å². The summed E-state index contributed by atoms with van der Waals surface area (Å²) >= 11 is 0. The Morgan fingerprint density at radius 3 is 3.04 bits per heavy atom. The minimum Gasteiger partial charge on any atom is -0.350 e. The van der Waals surface area contributed by atoms with Crippen LogP contribution in [0, 0.1) is 0 Å². The first kappa shape index (κ1) is 13.9. The van der Waals surface area contributed by atoms with Crippen LogP contribution in [0.3, 0.4) is 0 Å². The van der Waals surface area contributed by atoms with Crippen LogP contribution in [0.2, 0.25) is 0 Å². The maximum Gasteiger partial charge on any atom is 0.290 e.